The minimum Gasteiger partial charge on any atom is -0.491 e. The van der Waals surface area contributed by atoms with Gasteiger partial charge in [-0.25, -0.2) is 0 Å². The highest BCUT2D eigenvalue weighted by atomic mass is 16.5. The second kappa shape index (κ2) is 8.59. The van der Waals surface area contributed by atoms with Gasteiger partial charge in [0.2, 0.25) is 5.91 Å². The molecular weight excluding hydrogens is 252 g/mol. The zero-order valence-corrected chi connectivity index (χ0v) is 12.9. The molecule has 0 aromatic heterocycles. The molecule has 1 amide bonds. The Morgan fingerprint density at radius 2 is 2.05 bits per heavy atom. The lowest BCUT2D eigenvalue weighted by Crippen LogP contribution is -2.27. The molecule has 0 aliphatic heterocycles. The van der Waals surface area contributed by atoms with Crippen LogP contribution in [0.15, 0.2) is 24.3 Å². The van der Waals surface area contributed by atoms with E-state index in [2.05, 4.69) is 31.4 Å². The molecule has 1 aromatic rings. The Bertz CT molecular complexity index is 419. The lowest BCUT2D eigenvalue weighted by atomic mass is 10.2. The molecule has 4 heteroatoms. The van der Waals surface area contributed by atoms with Gasteiger partial charge in [-0.15, -0.1) is 0 Å². The van der Waals surface area contributed by atoms with Crippen LogP contribution < -0.4 is 15.4 Å². The van der Waals surface area contributed by atoms with Crippen molar-refractivity contribution < 1.29 is 9.53 Å². The topological polar surface area (TPSA) is 50.4 Å². The van der Waals surface area contributed by atoms with Gasteiger partial charge >= 0.3 is 0 Å². The first kappa shape index (κ1) is 16.5. The summed E-state index contributed by atoms with van der Waals surface area (Å²) in [5, 5.41) is 6.11. The summed E-state index contributed by atoms with van der Waals surface area (Å²) < 4.78 is 5.73. The van der Waals surface area contributed by atoms with Gasteiger partial charge in [-0.1, -0.05) is 26.8 Å². The Labute approximate surface area is 121 Å². The standard InChI is InChI=1S/C16H26N2O2/c1-5-13(4)20-15-8-6-7-14(11-15)18-16(19)9-10-17-12(2)3/h6-8,11-13,17H,5,9-10H2,1-4H3,(H,18,19). The van der Waals surface area contributed by atoms with Gasteiger partial charge in [-0.3, -0.25) is 4.79 Å². The van der Waals surface area contributed by atoms with Crippen molar-refractivity contribution in [3.63, 3.8) is 0 Å². The number of hydrogen-bond acceptors (Lipinski definition) is 3. The number of ether oxygens (including phenoxy) is 1. The smallest absolute Gasteiger partial charge is 0.225 e. The number of hydrogen-bond donors (Lipinski definition) is 2. The lowest BCUT2D eigenvalue weighted by Gasteiger charge is -2.14. The third-order valence-corrected chi connectivity index (χ3v) is 2.93. The largest absolute Gasteiger partial charge is 0.491 e. The maximum Gasteiger partial charge on any atom is 0.225 e. The molecule has 0 heterocycles. The Kier molecular flexibility index (Phi) is 7.09. The van der Waals surface area contributed by atoms with E-state index in [1.54, 1.807) is 0 Å². The zero-order valence-electron chi connectivity index (χ0n) is 12.9. The molecule has 112 valence electrons. The van der Waals surface area contributed by atoms with E-state index in [1.165, 1.54) is 0 Å². The van der Waals surface area contributed by atoms with E-state index in [-0.39, 0.29) is 12.0 Å². The minimum atomic E-state index is 0.0128. The van der Waals surface area contributed by atoms with E-state index in [0.717, 1.165) is 17.9 Å². The SMILES string of the molecule is CCC(C)Oc1cccc(NC(=O)CCNC(C)C)c1. The van der Waals surface area contributed by atoms with Crippen molar-refractivity contribution in [2.24, 2.45) is 0 Å². The number of nitrogens with one attached hydrogen (secondary N) is 2. The Morgan fingerprint density at radius 1 is 1.30 bits per heavy atom. The molecule has 2 N–H and O–H groups in total. The van der Waals surface area contributed by atoms with Crippen LogP contribution in [0.1, 0.15) is 40.5 Å². The minimum absolute atomic E-state index is 0.0128. The molecule has 1 aromatic carbocycles. The number of anilines is 1. The van der Waals surface area contributed by atoms with Crippen LogP contribution >= 0.6 is 0 Å². The van der Waals surface area contributed by atoms with Crippen LogP contribution in [0.3, 0.4) is 0 Å². The molecule has 0 bridgehead atoms. The predicted molar refractivity (Wildman–Crippen MR) is 83.2 cm³/mol. The molecule has 0 spiro atoms. The van der Waals surface area contributed by atoms with E-state index >= 15 is 0 Å². The first-order valence-electron chi connectivity index (χ1n) is 7.31. The molecule has 0 aliphatic carbocycles. The Hall–Kier alpha value is -1.55. The average molecular weight is 278 g/mol. The molecular formula is C16H26N2O2. The average Bonchev–Trinajstić information content (AvgIpc) is 2.38. The summed E-state index contributed by atoms with van der Waals surface area (Å²) >= 11 is 0. The van der Waals surface area contributed by atoms with Crippen LogP contribution in [0.5, 0.6) is 5.75 Å². The van der Waals surface area contributed by atoms with Gasteiger partial charge in [0.05, 0.1) is 6.10 Å². The van der Waals surface area contributed by atoms with Gasteiger partial charge in [-0.2, -0.15) is 0 Å². The van der Waals surface area contributed by atoms with Crippen molar-refractivity contribution in [3.05, 3.63) is 24.3 Å². The van der Waals surface area contributed by atoms with Crippen molar-refractivity contribution >= 4 is 11.6 Å². The number of carbonyl (C=O) groups is 1. The third kappa shape index (κ3) is 6.57. The maximum atomic E-state index is 11.8. The molecule has 1 rings (SSSR count). The van der Waals surface area contributed by atoms with Crippen molar-refractivity contribution in [2.45, 2.75) is 52.7 Å². The second-order valence-corrected chi connectivity index (χ2v) is 5.27. The van der Waals surface area contributed by atoms with E-state index < -0.39 is 0 Å². The highest BCUT2D eigenvalue weighted by molar-refractivity contribution is 5.90. The number of rotatable bonds is 8. The molecule has 0 radical (unpaired) electrons. The van der Waals surface area contributed by atoms with Gasteiger partial charge in [-0.05, 0) is 25.5 Å². The highest BCUT2D eigenvalue weighted by Gasteiger charge is 2.05. The first-order valence-corrected chi connectivity index (χ1v) is 7.31. The van der Waals surface area contributed by atoms with E-state index in [1.807, 2.05) is 31.2 Å². The van der Waals surface area contributed by atoms with Gasteiger partial charge in [0, 0.05) is 30.8 Å². The fourth-order valence-corrected chi connectivity index (χ4v) is 1.66. The van der Waals surface area contributed by atoms with E-state index in [9.17, 15) is 4.79 Å². The maximum absolute atomic E-state index is 11.8. The molecule has 1 unspecified atom stereocenters. The monoisotopic (exact) mass is 278 g/mol. The van der Waals surface area contributed by atoms with Crippen LogP contribution in [0.2, 0.25) is 0 Å². The van der Waals surface area contributed by atoms with Gasteiger partial charge < -0.3 is 15.4 Å². The summed E-state index contributed by atoms with van der Waals surface area (Å²) in [5.74, 6) is 0.802. The molecule has 1 atom stereocenters. The molecule has 0 saturated carbocycles. The highest BCUT2D eigenvalue weighted by Crippen LogP contribution is 2.19. The van der Waals surface area contributed by atoms with Crippen LogP contribution in [-0.2, 0) is 4.79 Å². The number of benzene rings is 1. The first-order chi connectivity index (χ1) is 9.51. The predicted octanol–water partition coefficient (Wildman–Crippen LogP) is 3.19. The summed E-state index contributed by atoms with van der Waals surface area (Å²) in [7, 11) is 0. The summed E-state index contributed by atoms with van der Waals surface area (Å²) in [4.78, 5) is 11.8. The van der Waals surface area contributed by atoms with Gasteiger partial charge in [0.15, 0.2) is 0 Å². The van der Waals surface area contributed by atoms with Crippen molar-refractivity contribution in [1.29, 1.82) is 0 Å². The number of carbonyl (C=O) groups excluding carboxylic acids is 1. The summed E-state index contributed by atoms with van der Waals surface area (Å²) in [6.07, 6.45) is 1.60. The molecule has 4 nitrogen and oxygen atoms in total. The van der Waals surface area contributed by atoms with Crippen molar-refractivity contribution in [1.82, 2.24) is 5.32 Å². The van der Waals surface area contributed by atoms with Crippen LogP contribution in [0.25, 0.3) is 0 Å². The van der Waals surface area contributed by atoms with E-state index in [0.29, 0.717) is 19.0 Å². The fourth-order valence-electron chi connectivity index (χ4n) is 1.66. The summed E-state index contributed by atoms with van der Waals surface area (Å²) in [5.41, 5.74) is 0.778. The molecule has 0 aliphatic rings. The van der Waals surface area contributed by atoms with Crippen LogP contribution in [0, 0.1) is 0 Å². The summed E-state index contributed by atoms with van der Waals surface area (Å²) in [6, 6.07) is 7.92. The summed E-state index contributed by atoms with van der Waals surface area (Å²) in [6.45, 7) is 8.93. The zero-order chi connectivity index (χ0) is 15.0. The third-order valence-electron chi connectivity index (χ3n) is 2.93. The van der Waals surface area contributed by atoms with Crippen LogP contribution in [0.4, 0.5) is 5.69 Å². The van der Waals surface area contributed by atoms with Gasteiger partial charge in [0.25, 0.3) is 0 Å². The van der Waals surface area contributed by atoms with Crippen molar-refractivity contribution in [3.8, 4) is 5.75 Å². The van der Waals surface area contributed by atoms with Crippen molar-refractivity contribution in [2.75, 3.05) is 11.9 Å². The molecule has 20 heavy (non-hydrogen) atoms. The van der Waals surface area contributed by atoms with E-state index in [4.69, 9.17) is 4.74 Å². The lowest BCUT2D eigenvalue weighted by molar-refractivity contribution is -0.116. The fraction of sp³-hybridized carbons (Fsp3) is 0.562. The normalized spacial score (nSPS) is 12.2. The number of amides is 1. The second-order valence-electron chi connectivity index (χ2n) is 5.27. The molecule has 0 fully saturated rings. The molecule has 0 saturated heterocycles. The van der Waals surface area contributed by atoms with Gasteiger partial charge in [0.1, 0.15) is 5.75 Å². The Balaban J connectivity index is 2.47. The quantitative estimate of drug-likeness (QED) is 0.768. The Morgan fingerprint density at radius 3 is 2.70 bits per heavy atom. The van der Waals surface area contributed by atoms with Crippen LogP contribution in [-0.4, -0.2) is 24.6 Å².